The van der Waals surface area contributed by atoms with E-state index < -0.39 is 6.04 Å². The lowest BCUT2D eigenvalue weighted by Crippen LogP contribution is -2.15. The van der Waals surface area contributed by atoms with Crippen molar-refractivity contribution < 1.29 is 9.26 Å². The number of rotatable bonds is 5. The molecule has 5 nitrogen and oxygen atoms in total. The summed E-state index contributed by atoms with van der Waals surface area (Å²) < 4.78 is 10.8. The van der Waals surface area contributed by atoms with Crippen molar-refractivity contribution in [3.63, 3.8) is 0 Å². The molecule has 0 radical (unpaired) electrons. The molecular formula is C14H17N3O2. The molecule has 5 heteroatoms. The van der Waals surface area contributed by atoms with Gasteiger partial charge >= 0.3 is 0 Å². The van der Waals surface area contributed by atoms with Gasteiger partial charge in [-0.2, -0.15) is 4.98 Å². The summed E-state index contributed by atoms with van der Waals surface area (Å²) in [5.41, 5.74) is 7.10. The summed E-state index contributed by atoms with van der Waals surface area (Å²) in [6.07, 6.45) is 2.26. The van der Waals surface area contributed by atoms with Gasteiger partial charge in [-0.3, -0.25) is 0 Å². The molecule has 1 fully saturated rings. The van der Waals surface area contributed by atoms with Crippen molar-refractivity contribution in [2.75, 3.05) is 6.61 Å². The van der Waals surface area contributed by atoms with Crippen molar-refractivity contribution >= 4 is 0 Å². The predicted molar refractivity (Wildman–Crippen MR) is 69.9 cm³/mol. The third-order valence-corrected chi connectivity index (χ3v) is 3.22. The highest BCUT2D eigenvalue weighted by atomic mass is 16.5. The van der Waals surface area contributed by atoms with E-state index >= 15 is 0 Å². The average molecular weight is 259 g/mol. The van der Waals surface area contributed by atoms with Gasteiger partial charge in [0.1, 0.15) is 5.75 Å². The normalized spacial score (nSPS) is 16.3. The SMILES string of the molecule is CCOc1ccccc1C(N)c1noc(C2CC2)n1. The van der Waals surface area contributed by atoms with E-state index in [4.69, 9.17) is 15.0 Å². The van der Waals surface area contributed by atoms with E-state index in [9.17, 15) is 0 Å². The Kier molecular flexibility index (Phi) is 3.21. The number of aromatic nitrogens is 2. The van der Waals surface area contributed by atoms with E-state index in [-0.39, 0.29) is 0 Å². The predicted octanol–water partition coefficient (Wildman–Crippen LogP) is 2.39. The Morgan fingerprint density at radius 1 is 1.42 bits per heavy atom. The highest BCUT2D eigenvalue weighted by Crippen LogP contribution is 2.39. The first-order valence-electron chi connectivity index (χ1n) is 6.60. The first-order chi connectivity index (χ1) is 9.29. The zero-order valence-electron chi connectivity index (χ0n) is 10.9. The van der Waals surface area contributed by atoms with Crippen molar-refractivity contribution in [3.8, 4) is 5.75 Å². The van der Waals surface area contributed by atoms with E-state index in [2.05, 4.69) is 10.1 Å². The summed E-state index contributed by atoms with van der Waals surface area (Å²) in [5.74, 6) is 2.44. The van der Waals surface area contributed by atoms with Crippen LogP contribution in [0.25, 0.3) is 0 Å². The van der Waals surface area contributed by atoms with Crippen LogP contribution in [0.15, 0.2) is 28.8 Å². The molecule has 100 valence electrons. The lowest BCUT2D eigenvalue weighted by Gasteiger charge is -2.13. The zero-order valence-corrected chi connectivity index (χ0v) is 10.9. The van der Waals surface area contributed by atoms with Gasteiger partial charge in [-0.1, -0.05) is 23.4 Å². The Balaban J connectivity index is 1.87. The van der Waals surface area contributed by atoms with Gasteiger partial charge < -0.3 is 15.0 Å². The van der Waals surface area contributed by atoms with Crippen LogP contribution in [-0.4, -0.2) is 16.7 Å². The molecule has 1 saturated carbocycles. The van der Waals surface area contributed by atoms with Crippen LogP contribution in [0.2, 0.25) is 0 Å². The number of ether oxygens (including phenoxy) is 1. The highest BCUT2D eigenvalue weighted by Gasteiger charge is 2.31. The Morgan fingerprint density at radius 2 is 2.21 bits per heavy atom. The van der Waals surface area contributed by atoms with Gasteiger partial charge in [0.05, 0.1) is 12.6 Å². The number of para-hydroxylation sites is 1. The summed E-state index contributed by atoms with van der Waals surface area (Å²) in [5, 5.41) is 3.99. The van der Waals surface area contributed by atoms with Crippen molar-refractivity contribution in [1.29, 1.82) is 0 Å². The second-order valence-corrected chi connectivity index (χ2v) is 4.71. The summed E-state index contributed by atoms with van der Waals surface area (Å²) in [7, 11) is 0. The molecule has 1 aromatic carbocycles. The van der Waals surface area contributed by atoms with Gasteiger partial charge in [0, 0.05) is 11.5 Å². The second kappa shape index (κ2) is 5.01. The number of nitrogens with two attached hydrogens (primary N) is 1. The van der Waals surface area contributed by atoms with Gasteiger partial charge in [-0.25, -0.2) is 0 Å². The highest BCUT2D eigenvalue weighted by molar-refractivity contribution is 5.38. The van der Waals surface area contributed by atoms with Crippen molar-refractivity contribution in [3.05, 3.63) is 41.5 Å². The lowest BCUT2D eigenvalue weighted by atomic mass is 10.1. The van der Waals surface area contributed by atoms with Gasteiger partial charge in [0.25, 0.3) is 0 Å². The number of hydrogen-bond acceptors (Lipinski definition) is 5. The molecule has 1 heterocycles. The lowest BCUT2D eigenvalue weighted by molar-refractivity contribution is 0.334. The Labute approximate surface area is 111 Å². The van der Waals surface area contributed by atoms with Gasteiger partial charge in [0.15, 0.2) is 5.82 Å². The van der Waals surface area contributed by atoms with Crippen LogP contribution in [0.4, 0.5) is 0 Å². The van der Waals surface area contributed by atoms with Crippen LogP contribution in [0.3, 0.4) is 0 Å². The first-order valence-corrected chi connectivity index (χ1v) is 6.60. The minimum atomic E-state index is -0.418. The van der Waals surface area contributed by atoms with Gasteiger partial charge in [-0.05, 0) is 25.8 Å². The second-order valence-electron chi connectivity index (χ2n) is 4.71. The zero-order chi connectivity index (χ0) is 13.2. The fraction of sp³-hybridized carbons (Fsp3) is 0.429. The maximum absolute atomic E-state index is 6.22. The molecule has 1 aliphatic rings. The molecule has 2 N–H and O–H groups in total. The molecular weight excluding hydrogens is 242 g/mol. The van der Waals surface area contributed by atoms with E-state index in [0.29, 0.717) is 24.2 Å². The van der Waals surface area contributed by atoms with E-state index in [1.165, 1.54) is 0 Å². The molecule has 19 heavy (non-hydrogen) atoms. The molecule has 0 bridgehead atoms. The van der Waals surface area contributed by atoms with Gasteiger partial charge in [-0.15, -0.1) is 0 Å². The minimum Gasteiger partial charge on any atom is -0.494 e. The minimum absolute atomic E-state index is 0.418. The fourth-order valence-electron chi connectivity index (χ4n) is 2.03. The first kappa shape index (κ1) is 12.2. The third-order valence-electron chi connectivity index (χ3n) is 3.22. The monoisotopic (exact) mass is 259 g/mol. The largest absolute Gasteiger partial charge is 0.494 e. The van der Waals surface area contributed by atoms with Crippen LogP contribution >= 0.6 is 0 Å². The van der Waals surface area contributed by atoms with Crippen LogP contribution in [0, 0.1) is 0 Å². The number of hydrogen-bond donors (Lipinski definition) is 1. The standard InChI is InChI=1S/C14H17N3O2/c1-2-18-11-6-4-3-5-10(11)12(15)13-16-14(19-17-13)9-7-8-9/h3-6,9,12H,2,7-8,15H2,1H3. The quantitative estimate of drug-likeness (QED) is 0.892. The molecule has 2 aromatic rings. The maximum atomic E-state index is 6.22. The topological polar surface area (TPSA) is 74.2 Å². The average Bonchev–Trinajstić information content (AvgIpc) is 3.17. The molecule has 0 amide bonds. The van der Waals surface area contributed by atoms with Crippen LogP contribution < -0.4 is 10.5 Å². The van der Waals surface area contributed by atoms with E-state index in [0.717, 1.165) is 24.2 Å². The Bertz CT molecular complexity index is 563. The smallest absolute Gasteiger partial charge is 0.229 e. The fourth-order valence-corrected chi connectivity index (χ4v) is 2.03. The van der Waals surface area contributed by atoms with Crippen LogP contribution in [-0.2, 0) is 0 Å². The molecule has 1 aliphatic carbocycles. The summed E-state index contributed by atoms with van der Waals surface area (Å²) >= 11 is 0. The molecule has 0 spiro atoms. The molecule has 1 aromatic heterocycles. The van der Waals surface area contributed by atoms with E-state index in [1.54, 1.807) is 0 Å². The van der Waals surface area contributed by atoms with E-state index in [1.807, 2.05) is 31.2 Å². The molecule has 0 aliphatic heterocycles. The van der Waals surface area contributed by atoms with Crippen molar-refractivity contribution in [2.45, 2.75) is 31.7 Å². The summed E-state index contributed by atoms with van der Waals surface area (Å²) in [6, 6.07) is 7.27. The van der Waals surface area contributed by atoms with Crippen LogP contribution in [0.5, 0.6) is 5.75 Å². The van der Waals surface area contributed by atoms with Gasteiger partial charge in [0.2, 0.25) is 5.89 Å². The Morgan fingerprint density at radius 3 is 2.95 bits per heavy atom. The van der Waals surface area contributed by atoms with Crippen molar-refractivity contribution in [1.82, 2.24) is 10.1 Å². The molecule has 1 atom stereocenters. The summed E-state index contributed by atoms with van der Waals surface area (Å²) in [4.78, 5) is 4.39. The molecule has 3 rings (SSSR count). The number of benzene rings is 1. The van der Waals surface area contributed by atoms with Crippen molar-refractivity contribution in [2.24, 2.45) is 5.73 Å². The molecule has 1 unspecified atom stereocenters. The summed E-state index contributed by atoms with van der Waals surface area (Å²) in [6.45, 7) is 2.55. The molecule has 0 saturated heterocycles. The Hall–Kier alpha value is -1.88. The third kappa shape index (κ3) is 2.46. The maximum Gasteiger partial charge on any atom is 0.229 e. The number of nitrogens with zero attached hydrogens (tertiary/aromatic N) is 2. The van der Waals surface area contributed by atoms with Crippen LogP contribution in [0.1, 0.15) is 49.0 Å².